The van der Waals surface area contributed by atoms with E-state index in [2.05, 4.69) is 27.5 Å². The quantitative estimate of drug-likeness (QED) is 0.450. The number of hydrogen-bond acceptors (Lipinski definition) is 5. The Bertz CT molecular complexity index is 741. The van der Waals surface area contributed by atoms with E-state index in [0.717, 1.165) is 15.7 Å². The van der Waals surface area contributed by atoms with Crippen molar-refractivity contribution >= 4 is 39.8 Å². The van der Waals surface area contributed by atoms with Gasteiger partial charge in [-0.1, -0.05) is 22.0 Å². The van der Waals surface area contributed by atoms with E-state index in [1.807, 2.05) is 24.4 Å². The van der Waals surface area contributed by atoms with Crippen LogP contribution in [0.15, 0.2) is 40.3 Å². The number of carbonyl (C=O) groups excluding carboxylic acids is 2. The Morgan fingerprint density at radius 1 is 1.33 bits per heavy atom. The molecular formula is C18H18BrNO4. The molecule has 0 bridgehead atoms. The zero-order chi connectivity index (χ0) is 17.5. The van der Waals surface area contributed by atoms with Crippen LogP contribution >= 0.6 is 15.9 Å². The number of carbonyl (C=O) groups is 2. The highest BCUT2D eigenvalue weighted by Gasteiger charge is 2.63. The number of methoxy groups -OCH3 is 2. The summed E-state index contributed by atoms with van der Waals surface area (Å²) >= 11 is 3.49. The highest BCUT2D eigenvalue weighted by Crippen LogP contribution is 2.59. The van der Waals surface area contributed by atoms with Crippen LogP contribution in [0.2, 0.25) is 0 Å². The summed E-state index contributed by atoms with van der Waals surface area (Å²) in [6.45, 7) is 3.92. The number of rotatable bonds is 3. The van der Waals surface area contributed by atoms with Gasteiger partial charge in [0.25, 0.3) is 0 Å². The molecule has 0 amide bonds. The standard InChI is InChI=1S/C18H18BrNO4/c1-4-11-8-17(15(21)23-2,16(22)24-3)9-18(11)10-20-14-6-5-12(19)7-13(14)18/h4-7,10-11H,1,8-9H2,2-3H3/t11-,18-/m0/s1. The van der Waals surface area contributed by atoms with Crippen molar-refractivity contribution in [3.05, 3.63) is 40.9 Å². The van der Waals surface area contributed by atoms with E-state index >= 15 is 0 Å². The van der Waals surface area contributed by atoms with Crippen molar-refractivity contribution in [2.75, 3.05) is 14.2 Å². The molecule has 3 rings (SSSR count). The topological polar surface area (TPSA) is 65.0 Å². The molecule has 0 unspecified atom stereocenters. The minimum absolute atomic E-state index is 0.130. The van der Waals surface area contributed by atoms with Crippen LogP contribution in [-0.2, 0) is 24.5 Å². The highest BCUT2D eigenvalue weighted by atomic mass is 79.9. The van der Waals surface area contributed by atoms with Crippen LogP contribution in [0, 0.1) is 11.3 Å². The van der Waals surface area contributed by atoms with Crippen molar-refractivity contribution in [2.45, 2.75) is 18.3 Å². The molecule has 0 aromatic heterocycles. The van der Waals surface area contributed by atoms with Crippen molar-refractivity contribution in [1.29, 1.82) is 0 Å². The molecular weight excluding hydrogens is 374 g/mol. The van der Waals surface area contributed by atoms with Gasteiger partial charge in [0, 0.05) is 16.1 Å². The number of halogens is 1. The molecule has 0 saturated heterocycles. The van der Waals surface area contributed by atoms with Crippen LogP contribution in [0.3, 0.4) is 0 Å². The molecule has 1 saturated carbocycles. The van der Waals surface area contributed by atoms with Gasteiger partial charge in [0.05, 0.1) is 19.9 Å². The highest BCUT2D eigenvalue weighted by molar-refractivity contribution is 9.10. The predicted octanol–water partition coefficient (Wildman–Crippen LogP) is 3.33. The van der Waals surface area contributed by atoms with Gasteiger partial charge >= 0.3 is 11.9 Å². The SMILES string of the molecule is C=C[C@H]1CC(C(=O)OC)(C(=O)OC)C[C@]12C=Nc1ccc(Br)cc12. The molecule has 24 heavy (non-hydrogen) atoms. The average Bonchev–Trinajstić information content (AvgIpc) is 3.13. The van der Waals surface area contributed by atoms with Crippen molar-refractivity contribution in [3.8, 4) is 0 Å². The van der Waals surface area contributed by atoms with Crippen LogP contribution in [-0.4, -0.2) is 32.4 Å². The molecule has 0 N–H and O–H groups in total. The van der Waals surface area contributed by atoms with E-state index in [-0.39, 0.29) is 18.8 Å². The number of ether oxygens (including phenoxy) is 2. The third-order valence-electron chi connectivity index (χ3n) is 5.16. The number of nitrogens with zero attached hydrogens (tertiary/aromatic N) is 1. The maximum Gasteiger partial charge on any atom is 0.323 e. The second-order valence-electron chi connectivity index (χ2n) is 6.25. The predicted molar refractivity (Wildman–Crippen MR) is 93.4 cm³/mol. The molecule has 1 aliphatic carbocycles. The molecule has 1 aliphatic heterocycles. The van der Waals surface area contributed by atoms with Gasteiger partial charge in [-0.25, -0.2) is 0 Å². The van der Waals surface area contributed by atoms with E-state index in [1.165, 1.54) is 14.2 Å². The van der Waals surface area contributed by atoms with E-state index < -0.39 is 22.8 Å². The number of fused-ring (bicyclic) bond motifs is 2. The Morgan fingerprint density at radius 3 is 2.58 bits per heavy atom. The first kappa shape index (κ1) is 16.9. The first-order chi connectivity index (χ1) is 11.4. The summed E-state index contributed by atoms with van der Waals surface area (Å²) < 4.78 is 10.8. The van der Waals surface area contributed by atoms with Crippen molar-refractivity contribution in [1.82, 2.24) is 0 Å². The summed E-state index contributed by atoms with van der Waals surface area (Å²) in [4.78, 5) is 29.5. The van der Waals surface area contributed by atoms with Gasteiger partial charge in [-0.05, 0) is 42.5 Å². The molecule has 126 valence electrons. The van der Waals surface area contributed by atoms with E-state index in [0.29, 0.717) is 0 Å². The average molecular weight is 392 g/mol. The third-order valence-corrected chi connectivity index (χ3v) is 5.65. The Balaban J connectivity index is 2.17. The molecule has 1 heterocycles. The molecule has 0 radical (unpaired) electrons. The lowest BCUT2D eigenvalue weighted by atomic mass is 9.73. The normalized spacial score (nSPS) is 26.2. The van der Waals surface area contributed by atoms with Crippen LogP contribution in [0.25, 0.3) is 0 Å². The van der Waals surface area contributed by atoms with Crippen molar-refractivity contribution in [2.24, 2.45) is 16.3 Å². The summed E-state index contributed by atoms with van der Waals surface area (Å²) in [7, 11) is 2.57. The lowest BCUT2D eigenvalue weighted by molar-refractivity contribution is -0.169. The van der Waals surface area contributed by atoms with Gasteiger partial charge in [-0.15, -0.1) is 6.58 Å². The fourth-order valence-corrected chi connectivity index (χ4v) is 4.38. The smallest absolute Gasteiger partial charge is 0.323 e. The largest absolute Gasteiger partial charge is 0.468 e. The number of allylic oxidation sites excluding steroid dienone is 1. The fourth-order valence-electron chi connectivity index (χ4n) is 4.02. The van der Waals surface area contributed by atoms with Gasteiger partial charge < -0.3 is 9.47 Å². The molecule has 1 aromatic carbocycles. The summed E-state index contributed by atoms with van der Waals surface area (Å²) in [6.07, 6.45) is 4.16. The van der Waals surface area contributed by atoms with Crippen LogP contribution in [0.5, 0.6) is 0 Å². The summed E-state index contributed by atoms with van der Waals surface area (Å²) in [5.74, 6) is -1.28. The third kappa shape index (κ3) is 2.16. The second-order valence-corrected chi connectivity index (χ2v) is 7.16. The second kappa shape index (κ2) is 5.84. The molecule has 6 heteroatoms. The van der Waals surface area contributed by atoms with Gasteiger partial charge in [0.15, 0.2) is 5.41 Å². The van der Waals surface area contributed by atoms with Gasteiger partial charge in [0.1, 0.15) is 0 Å². The first-order valence-electron chi connectivity index (χ1n) is 7.58. The monoisotopic (exact) mass is 391 g/mol. The Labute approximate surface area is 148 Å². The Morgan fingerprint density at radius 2 is 2.00 bits per heavy atom. The number of benzene rings is 1. The zero-order valence-electron chi connectivity index (χ0n) is 13.5. The molecule has 2 aliphatic rings. The van der Waals surface area contributed by atoms with Crippen LogP contribution in [0.1, 0.15) is 18.4 Å². The van der Waals surface area contributed by atoms with Gasteiger partial charge in [0.2, 0.25) is 0 Å². The number of esters is 2. The molecule has 5 nitrogen and oxygen atoms in total. The first-order valence-corrected chi connectivity index (χ1v) is 8.37. The minimum Gasteiger partial charge on any atom is -0.468 e. The summed E-state index contributed by atoms with van der Waals surface area (Å²) in [5.41, 5.74) is -0.0892. The lowest BCUT2D eigenvalue weighted by Crippen LogP contribution is -2.40. The molecule has 2 atom stereocenters. The van der Waals surface area contributed by atoms with E-state index in [9.17, 15) is 9.59 Å². The number of aliphatic imine (C=N–C) groups is 1. The maximum atomic E-state index is 12.5. The zero-order valence-corrected chi connectivity index (χ0v) is 15.1. The van der Waals surface area contributed by atoms with E-state index in [4.69, 9.17) is 9.47 Å². The lowest BCUT2D eigenvalue weighted by Gasteiger charge is -2.28. The molecule has 1 fully saturated rings. The Kier molecular flexibility index (Phi) is 4.11. The van der Waals surface area contributed by atoms with Crippen LogP contribution in [0.4, 0.5) is 5.69 Å². The van der Waals surface area contributed by atoms with Crippen LogP contribution < -0.4 is 0 Å². The van der Waals surface area contributed by atoms with Crippen molar-refractivity contribution in [3.63, 3.8) is 0 Å². The minimum atomic E-state index is -1.35. The summed E-state index contributed by atoms with van der Waals surface area (Å²) in [6, 6.07) is 5.82. The Hall–Kier alpha value is -1.95. The van der Waals surface area contributed by atoms with Crippen molar-refractivity contribution < 1.29 is 19.1 Å². The fraction of sp³-hybridized carbons (Fsp3) is 0.389. The van der Waals surface area contributed by atoms with Gasteiger partial charge in [-0.2, -0.15) is 0 Å². The van der Waals surface area contributed by atoms with Gasteiger partial charge in [-0.3, -0.25) is 14.6 Å². The molecule has 1 aromatic rings. The maximum absolute atomic E-state index is 12.5. The summed E-state index contributed by atoms with van der Waals surface area (Å²) in [5, 5.41) is 0. The number of hydrogen-bond donors (Lipinski definition) is 0. The molecule has 1 spiro atoms. The van der Waals surface area contributed by atoms with E-state index in [1.54, 1.807) is 6.08 Å².